The first kappa shape index (κ1) is 21.0. The van der Waals surface area contributed by atoms with Crippen LogP contribution < -0.4 is 10.6 Å². The Hall–Kier alpha value is -2.71. The van der Waals surface area contributed by atoms with E-state index in [1.165, 1.54) is 25.3 Å². The molecule has 2 N–H and O–H groups in total. The standard InChI is InChI=1S/C21H26FN3O4/c1-28-18-7-3-6-17(21(27)23-8-9-25-10-12-29-13-11-25)19(18)24-20(26)15-4-2-5-16(22)14-15/h2-5,7,14,17H,6,8-13H2,1H3,(H,23,27)(H,24,26). The summed E-state index contributed by atoms with van der Waals surface area (Å²) in [4.78, 5) is 27.6. The van der Waals surface area contributed by atoms with Crippen LogP contribution in [0.3, 0.4) is 0 Å². The van der Waals surface area contributed by atoms with Crippen LogP contribution in [0.1, 0.15) is 16.8 Å². The van der Waals surface area contributed by atoms with Gasteiger partial charge in [0, 0.05) is 31.7 Å². The molecule has 1 heterocycles. The molecule has 156 valence electrons. The molecule has 0 bridgehead atoms. The van der Waals surface area contributed by atoms with Crippen LogP contribution in [0.5, 0.6) is 0 Å². The van der Waals surface area contributed by atoms with Crippen LogP contribution in [0, 0.1) is 11.7 Å². The molecule has 29 heavy (non-hydrogen) atoms. The summed E-state index contributed by atoms with van der Waals surface area (Å²) in [6.45, 7) is 4.36. The maximum absolute atomic E-state index is 13.4. The summed E-state index contributed by atoms with van der Waals surface area (Å²) >= 11 is 0. The van der Waals surface area contributed by atoms with E-state index in [1.54, 1.807) is 6.08 Å². The number of rotatable bonds is 7. The van der Waals surface area contributed by atoms with Crippen LogP contribution in [0.15, 0.2) is 47.9 Å². The Morgan fingerprint density at radius 2 is 2.10 bits per heavy atom. The summed E-state index contributed by atoms with van der Waals surface area (Å²) in [5, 5.41) is 5.68. The predicted octanol–water partition coefficient (Wildman–Crippen LogP) is 1.44. The molecule has 1 fully saturated rings. The maximum Gasteiger partial charge on any atom is 0.255 e. The lowest BCUT2D eigenvalue weighted by Gasteiger charge is -2.27. The molecule has 7 nitrogen and oxygen atoms in total. The summed E-state index contributed by atoms with van der Waals surface area (Å²) in [6, 6.07) is 5.40. The Bertz CT molecular complexity index is 803. The number of nitrogens with zero attached hydrogens (tertiary/aromatic N) is 1. The number of nitrogens with one attached hydrogen (secondary N) is 2. The van der Waals surface area contributed by atoms with Gasteiger partial charge in [-0.2, -0.15) is 0 Å². The Balaban J connectivity index is 1.64. The molecule has 2 amide bonds. The molecule has 0 aromatic heterocycles. The zero-order valence-corrected chi connectivity index (χ0v) is 16.4. The number of methoxy groups -OCH3 is 1. The smallest absolute Gasteiger partial charge is 0.255 e. The number of carbonyl (C=O) groups is 2. The number of ether oxygens (including phenoxy) is 2. The lowest BCUT2D eigenvalue weighted by atomic mass is 9.94. The Morgan fingerprint density at radius 3 is 2.83 bits per heavy atom. The lowest BCUT2D eigenvalue weighted by molar-refractivity contribution is -0.124. The van der Waals surface area contributed by atoms with Crippen molar-refractivity contribution >= 4 is 11.8 Å². The fraction of sp³-hybridized carbons (Fsp3) is 0.429. The van der Waals surface area contributed by atoms with E-state index >= 15 is 0 Å². The van der Waals surface area contributed by atoms with E-state index in [2.05, 4.69) is 15.5 Å². The van der Waals surface area contributed by atoms with Crippen molar-refractivity contribution in [3.05, 3.63) is 59.3 Å². The van der Waals surface area contributed by atoms with E-state index < -0.39 is 17.6 Å². The van der Waals surface area contributed by atoms with Crippen molar-refractivity contribution in [2.75, 3.05) is 46.5 Å². The number of halogens is 1. The van der Waals surface area contributed by atoms with Crippen molar-refractivity contribution in [2.45, 2.75) is 6.42 Å². The summed E-state index contributed by atoms with van der Waals surface area (Å²) in [6.07, 6.45) is 4.00. The summed E-state index contributed by atoms with van der Waals surface area (Å²) in [7, 11) is 1.48. The topological polar surface area (TPSA) is 79.9 Å². The molecule has 1 saturated heterocycles. The van der Waals surface area contributed by atoms with Crippen LogP contribution in [0.4, 0.5) is 4.39 Å². The zero-order valence-electron chi connectivity index (χ0n) is 16.4. The second-order valence-electron chi connectivity index (χ2n) is 6.88. The number of allylic oxidation sites excluding steroid dienone is 2. The van der Waals surface area contributed by atoms with E-state index in [9.17, 15) is 14.0 Å². The van der Waals surface area contributed by atoms with Gasteiger partial charge in [-0.3, -0.25) is 14.5 Å². The fourth-order valence-electron chi connectivity index (χ4n) is 3.36. The third kappa shape index (κ3) is 5.65. The molecule has 0 radical (unpaired) electrons. The Morgan fingerprint density at radius 1 is 1.31 bits per heavy atom. The second-order valence-corrected chi connectivity index (χ2v) is 6.88. The number of hydrogen-bond acceptors (Lipinski definition) is 5. The van der Waals surface area contributed by atoms with E-state index in [1.807, 2.05) is 6.08 Å². The number of amides is 2. The fourth-order valence-corrected chi connectivity index (χ4v) is 3.36. The molecule has 0 spiro atoms. The molecule has 1 aliphatic carbocycles. The second kappa shape index (κ2) is 10.2. The molecule has 1 aliphatic heterocycles. The van der Waals surface area contributed by atoms with E-state index in [-0.39, 0.29) is 11.5 Å². The third-order valence-electron chi connectivity index (χ3n) is 4.96. The minimum Gasteiger partial charge on any atom is -0.495 e. The molecule has 1 aromatic rings. The van der Waals surface area contributed by atoms with Crippen LogP contribution >= 0.6 is 0 Å². The first-order chi connectivity index (χ1) is 14.1. The highest BCUT2D eigenvalue weighted by atomic mass is 19.1. The van der Waals surface area contributed by atoms with Gasteiger partial charge in [-0.15, -0.1) is 0 Å². The van der Waals surface area contributed by atoms with Gasteiger partial charge < -0.3 is 20.1 Å². The SMILES string of the molecule is COC1=C(NC(=O)c2cccc(F)c2)C(C(=O)NCCN2CCOCC2)CC=C1. The summed E-state index contributed by atoms with van der Waals surface area (Å²) < 4.78 is 24.1. The zero-order chi connectivity index (χ0) is 20.6. The van der Waals surface area contributed by atoms with Crippen molar-refractivity contribution in [1.82, 2.24) is 15.5 Å². The highest BCUT2D eigenvalue weighted by Crippen LogP contribution is 2.25. The van der Waals surface area contributed by atoms with Crippen LogP contribution in [0.25, 0.3) is 0 Å². The molecule has 8 heteroatoms. The van der Waals surface area contributed by atoms with E-state index in [0.717, 1.165) is 25.7 Å². The minimum atomic E-state index is -0.586. The number of morpholine rings is 1. The van der Waals surface area contributed by atoms with Gasteiger partial charge in [-0.05, 0) is 30.7 Å². The van der Waals surface area contributed by atoms with Gasteiger partial charge in [0.1, 0.15) is 11.6 Å². The van der Waals surface area contributed by atoms with Gasteiger partial charge in [0.05, 0.1) is 31.9 Å². The lowest BCUT2D eigenvalue weighted by Crippen LogP contribution is -2.44. The summed E-state index contributed by atoms with van der Waals surface area (Å²) in [5.74, 6) is -1.35. The molecular formula is C21H26FN3O4. The van der Waals surface area contributed by atoms with Crippen LogP contribution in [-0.4, -0.2) is 63.2 Å². The van der Waals surface area contributed by atoms with Gasteiger partial charge in [0.15, 0.2) is 0 Å². The Labute approximate surface area is 169 Å². The highest BCUT2D eigenvalue weighted by molar-refractivity contribution is 5.96. The Kier molecular flexibility index (Phi) is 7.37. The average molecular weight is 403 g/mol. The van der Waals surface area contributed by atoms with Crippen molar-refractivity contribution in [3.63, 3.8) is 0 Å². The largest absolute Gasteiger partial charge is 0.495 e. The number of hydrogen-bond donors (Lipinski definition) is 2. The molecule has 1 unspecified atom stereocenters. The maximum atomic E-state index is 13.4. The first-order valence-electron chi connectivity index (χ1n) is 9.68. The van der Waals surface area contributed by atoms with Gasteiger partial charge in [0.25, 0.3) is 5.91 Å². The quantitative estimate of drug-likeness (QED) is 0.720. The average Bonchev–Trinajstić information content (AvgIpc) is 2.74. The van der Waals surface area contributed by atoms with Crippen molar-refractivity contribution in [2.24, 2.45) is 5.92 Å². The van der Waals surface area contributed by atoms with Gasteiger partial charge >= 0.3 is 0 Å². The van der Waals surface area contributed by atoms with Crippen molar-refractivity contribution in [3.8, 4) is 0 Å². The highest BCUT2D eigenvalue weighted by Gasteiger charge is 2.29. The van der Waals surface area contributed by atoms with Gasteiger partial charge in [0.2, 0.25) is 5.91 Å². The molecule has 2 aliphatic rings. The molecule has 3 rings (SSSR count). The first-order valence-corrected chi connectivity index (χ1v) is 9.68. The monoisotopic (exact) mass is 403 g/mol. The normalized spacial score (nSPS) is 19.7. The van der Waals surface area contributed by atoms with E-state index in [4.69, 9.17) is 9.47 Å². The van der Waals surface area contributed by atoms with E-state index in [0.29, 0.717) is 37.6 Å². The number of benzene rings is 1. The molecular weight excluding hydrogens is 377 g/mol. The van der Waals surface area contributed by atoms with Crippen LogP contribution in [0.2, 0.25) is 0 Å². The third-order valence-corrected chi connectivity index (χ3v) is 4.96. The van der Waals surface area contributed by atoms with Crippen LogP contribution in [-0.2, 0) is 14.3 Å². The summed E-state index contributed by atoms with van der Waals surface area (Å²) in [5.41, 5.74) is 0.558. The minimum absolute atomic E-state index is 0.175. The predicted molar refractivity (Wildman–Crippen MR) is 105 cm³/mol. The molecule has 0 saturated carbocycles. The van der Waals surface area contributed by atoms with Crippen molar-refractivity contribution in [1.29, 1.82) is 0 Å². The number of carbonyl (C=O) groups excluding carboxylic acids is 2. The molecule has 1 aromatic carbocycles. The molecule has 1 atom stereocenters. The van der Waals surface area contributed by atoms with Gasteiger partial charge in [-0.25, -0.2) is 4.39 Å². The van der Waals surface area contributed by atoms with Gasteiger partial charge in [-0.1, -0.05) is 12.1 Å². The van der Waals surface area contributed by atoms with Crippen molar-refractivity contribution < 1.29 is 23.5 Å².